The van der Waals surface area contributed by atoms with E-state index in [9.17, 15) is 14.4 Å². The summed E-state index contributed by atoms with van der Waals surface area (Å²) < 4.78 is 0. The fourth-order valence-corrected chi connectivity index (χ4v) is 1.65. The average Bonchev–Trinajstić information content (AvgIpc) is 2.29. The minimum absolute atomic E-state index is 0.00889. The average molecular weight is 212 g/mol. The van der Waals surface area contributed by atoms with Gasteiger partial charge in [-0.15, -0.1) is 0 Å². The predicted molar refractivity (Wildman–Crippen MR) is 54.2 cm³/mol. The number of nitrogens with zero attached hydrogens (tertiary/aromatic N) is 2. The van der Waals surface area contributed by atoms with Gasteiger partial charge in [-0.25, -0.2) is 4.79 Å². The van der Waals surface area contributed by atoms with Crippen LogP contribution in [0, 0.1) is 0 Å². The molecule has 15 heavy (non-hydrogen) atoms. The van der Waals surface area contributed by atoms with E-state index < -0.39 is 6.04 Å². The van der Waals surface area contributed by atoms with Gasteiger partial charge in [0.15, 0.2) is 0 Å². The Kier molecular flexibility index (Phi) is 3.12. The molecule has 0 aromatic carbocycles. The van der Waals surface area contributed by atoms with Crippen LogP contribution in [-0.4, -0.2) is 46.1 Å². The lowest BCUT2D eigenvalue weighted by molar-refractivity contribution is -0.129. The van der Waals surface area contributed by atoms with Crippen molar-refractivity contribution in [2.45, 2.75) is 39.8 Å². The zero-order valence-corrected chi connectivity index (χ0v) is 9.48. The zero-order valence-electron chi connectivity index (χ0n) is 9.48. The summed E-state index contributed by atoms with van der Waals surface area (Å²) in [5.74, 6) is -0.343. The van der Waals surface area contributed by atoms with Crippen LogP contribution in [0.25, 0.3) is 0 Å². The second-order valence-electron chi connectivity index (χ2n) is 4.09. The topological polar surface area (TPSA) is 57.7 Å². The Bertz CT molecular complexity index is 312. The molecule has 1 rings (SSSR count). The Morgan fingerprint density at radius 2 is 1.93 bits per heavy atom. The molecule has 0 spiro atoms. The van der Waals surface area contributed by atoms with Crippen molar-refractivity contribution < 1.29 is 14.4 Å². The number of hydrogen-bond acceptors (Lipinski definition) is 3. The molecule has 0 bridgehead atoms. The summed E-state index contributed by atoms with van der Waals surface area (Å²) in [6.07, 6.45) is 0. The highest BCUT2D eigenvalue weighted by Gasteiger charge is 2.43. The molecule has 1 aliphatic rings. The van der Waals surface area contributed by atoms with Gasteiger partial charge < -0.3 is 4.90 Å². The fraction of sp³-hybridized carbons (Fsp3) is 0.700. The maximum absolute atomic E-state index is 11.8. The molecule has 84 valence electrons. The van der Waals surface area contributed by atoms with Crippen molar-refractivity contribution in [1.29, 1.82) is 0 Å². The normalized spacial score (nSPS) is 21.8. The number of Topliss-reactive ketones (excluding diaryl/α,β-unsaturated/α-hetero) is 1. The molecule has 1 fully saturated rings. The largest absolute Gasteiger partial charge is 0.328 e. The number of ketones is 1. The van der Waals surface area contributed by atoms with Crippen molar-refractivity contribution in [3.05, 3.63) is 0 Å². The Hall–Kier alpha value is -1.39. The second kappa shape index (κ2) is 4.00. The van der Waals surface area contributed by atoms with Crippen molar-refractivity contribution in [3.8, 4) is 0 Å². The lowest BCUT2D eigenvalue weighted by Gasteiger charge is -2.19. The quantitative estimate of drug-likeness (QED) is 0.645. The first-order valence-electron chi connectivity index (χ1n) is 4.99. The number of rotatable bonds is 3. The van der Waals surface area contributed by atoms with E-state index in [0.29, 0.717) is 0 Å². The van der Waals surface area contributed by atoms with Gasteiger partial charge in [0.2, 0.25) is 0 Å². The summed E-state index contributed by atoms with van der Waals surface area (Å²) in [6, 6.07) is -1.05. The molecular formula is C10H16N2O3. The van der Waals surface area contributed by atoms with Gasteiger partial charge in [0.1, 0.15) is 11.8 Å². The number of carbonyl (C=O) groups is 3. The molecule has 0 aliphatic carbocycles. The summed E-state index contributed by atoms with van der Waals surface area (Å²) in [4.78, 5) is 36.9. The minimum atomic E-state index is -0.524. The molecule has 1 heterocycles. The van der Waals surface area contributed by atoms with Crippen LogP contribution in [0.5, 0.6) is 0 Å². The van der Waals surface area contributed by atoms with Gasteiger partial charge in [-0.1, -0.05) is 0 Å². The highest BCUT2D eigenvalue weighted by atomic mass is 16.2. The molecule has 0 aromatic heterocycles. The summed E-state index contributed by atoms with van der Waals surface area (Å²) in [6.45, 7) is 6.61. The first-order chi connectivity index (χ1) is 6.86. The molecule has 1 unspecified atom stereocenters. The van der Waals surface area contributed by atoms with Crippen molar-refractivity contribution in [2.75, 3.05) is 6.54 Å². The van der Waals surface area contributed by atoms with Gasteiger partial charge in [0.25, 0.3) is 5.91 Å². The van der Waals surface area contributed by atoms with Crippen LogP contribution in [0.2, 0.25) is 0 Å². The van der Waals surface area contributed by atoms with Crippen molar-refractivity contribution in [1.82, 2.24) is 9.80 Å². The third-order valence-corrected chi connectivity index (χ3v) is 2.42. The van der Waals surface area contributed by atoms with E-state index in [-0.39, 0.29) is 30.3 Å². The molecular weight excluding hydrogens is 196 g/mol. The zero-order chi connectivity index (χ0) is 11.7. The third-order valence-electron chi connectivity index (χ3n) is 2.42. The fourth-order valence-electron chi connectivity index (χ4n) is 1.65. The highest BCUT2D eigenvalue weighted by molar-refractivity contribution is 6.05. The third kappa shape index (κ3) is 2.00. The van der Waals surface area contributed by atoms with Crippen molar-refractivity contribution >= 4 is 17.7 Å². The van der Waals surface area contributed by atoms with Crippen LogP contribution >= 0.6 is 0 Å². The molecule has 1 atom stereocenters. The SMILES string of the molecule is CC(=O)CN1C(=O)N(C(C)C)C(=O)C1C. The smallest absolute Gasteiger partial charge is 0.305 e. The first-order valence-corrected chi connectivity index (χ1v) is 4.99. The van der Waals surface area contributed by atoms with Crippen molar-refractivity contribution in [3.63, 3.8) is 0 Å². The number of carbonyl (C=O) groups excluding carboxylic acids is 3. The summed E-state index contributed by atoms with van der Waals surface area (Å²) in [7, 11) is 0. The second-order valence-corrected chi connectivity index (χ2v) is 4.09. The van der Waals surface area contributed by atoms with Crippen LogP contribution in [0.4, 0.5) is 4.79 Å². The monoisotopic (exact) mass is 212 g/mol. The van der Waals surface area contributed by atoms with Gasteiger partial charge in [0.05, 0.1) is 6.54 Å². The molecule has 1 aliphatic heterocycles. The Morgan fingerprint density at radius 3 is 2.27 bits per heavy atom. The van der Waals surface area contributed by atoms with Gasteiger partial charge in [-0.3, -0.25) is 14.5 Å². The molecule has 0 N–H and O–H groups in total. The molecule has 0 aromatic rings. The van der Waals surface area contributed by atoms with Gasteiger partial charge in [-0.05, 0) is 27.7 Å². The van der Waals surface area contributed by atoms with E-state index in [1.54, 1.807) is 20.8 Å². The maximum atomic E-state index is 11.8. The van der Waals surface area contributed by atoms with E-state index in [2.05, 4.69) is 0 Å². The van der Waals surface area contributed by atoms with Crippen LogP contribution in [0.15, 0.2) is 0 Å². The number of hydrogen-bond donors (Lipinski definition) is 0. The highest BCUT2D eigenvalue weighted by Crippen LogP contribution is 2.19. The molecule has 3 amide bonds. The predicted octanol–water partition coefficient (Wildman–Crippen LogP) is 0.636. The lowest BCUT2D eigenvalue weighted by atomic mass is 10.2. The molecule has 1 saturated heterocycles. The standard InChI is InChI=1S/C10H16N2O3/c1-6(2)12-9(14)8(4)11(10(12)15)5-7(3)13/h6,8H,5H2,1-4H3. The minimum Gasteiger partial charge on any atom is -0.305 e. The Balaban J connectivity index is 2.90. The molecule has 0 saturated carbocycles. The Labute approximate surface area is 89.0 Å². The van der Waals surface area contributed by atoms with E-state index in [4.69, 9.17) is 0 Å². The van der Waals surface area contributed by atoms with Crippen LogP contribution in [-0.2, 0) is 9.59 Å². The first kappa shape index (κ1) is 11.7. The van der Waals surface area contributed by atoms with E-state index in [1.807, 2.05) is 0 Å². The molecule has 5 heteroatoms. The summed E-state index contributed by atoms with van der Waals surface area (Å²) >= 11 is 0. The number of amides is 3. The van der Waals surface area contributed by atoms with Crippen molar-refractivity contribution in [2.24, 2.45) is 0 Å². The number of imide groups is 1. The summed E-state index contributed by atoms with van der Waals surface area (Å²) in [5, 5.41) is 0. The van der Waals surface area contributed by atoms with E-state index in [0.717, 1.165) is 0 Å². The molecule has 0 radical (unpaired) electrons. The van der Waals surface area contributed by atoms with Crippen LogP contribution < -0.4 is 0 Å². The molecule has 5 nitrogen and oxygen atoms in total. The lowest BCUT2D eigenvalue weighted by Crippen LogP contribution is -2.39. The Morgan fingerprint density at radius 1 is 1.40 bits per heavy atom. The van der Waals surface area contributed by atoms with E-state index >= 15 is 0 Å². The van der Waals surface area contributed by atoms with Gasteiger partial charge in [-0.2, -0.15) is 0 Å². The summed E-state index contributed by atoms with van der Waals surface area (Å²) in [5.41, 5.74) is 0. The number of urea groups is 1. The van der Waals surface area contributed by atoms with Crippen LogP contribution in [0.1, 0.15) is 27.7 Å². The van der Waals surface area contributed by atoms with Crippen LogP contribution in [0.3, 0.4) is 0 Å². The van der Waals surface area contributed by atoms with Gasteiger partial charge in [0, 0.05) is 6.04 Å². The van der Waals surface area contributed by atoms with E-state index in [1.165, 1.54) is 16.7 Å². The van der Waals surface area contributed by atoms with Gasteiger partial charge >= 0.3 is 6.03 Å². The maximum Gasteiger partial charge on any atom is 0.328 e.